The molecule has 2 heterocycles. The predicted molar refractivity (Wildman–Crippen MR) is 125 cm³/mol. The number of methoxy groups -OCH3 is 2. The summed E-state index contributed by atoms with van der Waals surface area (Å²) in [7, 11) is 3.51. The molecular weight excluding hydrogens is 372 g/mol. The molecule has 4 heteroatoms. The molecule has 0 aliphatic heterocycles. The fraction of sp³-hybridized carbons (Fsp3) is 0.346. The van der Waals surface area contributed by atoms with Crippen LogP contribution in [0.3, 0.4) is 0 Å². The summed E-state index contributed by atoms with van der Waals surface area (Å²) >= 11 is 0. The molecule has 0 aliphatic rings. The summed E-state index contributed by atoms with van der Waals surface area (Å²) in [5.41, 5.74) is 7.90. The monoisotopic (exact) mass is 402 g/mol. The highest BCUT2D eigenvalue weighted by Gasteiger charge is 2.19. The minimum atomic E-state index is 0.289. The van der Waals surface area contributed by atoms with Gasteiger partial charge >= 0.3 is 0 Å². The number of nitrogens with zero attached hydrogens (tertiary/aromatic N) is 2. The number of aromatic nitrogens is 2. The molecule has 0 radical (unpaired) electrons. The maximum Gasteiger partial charge on any atom is 0.127 e. The fourth-order valence-electron chi connectivity index (χ4n) is 4.63. The summed E-state index contributed by atoms with van der Waals surface area (Å²) in [6.45, 7) is 9.23. The Hall–Kier alpha value is -2.85. The Morgan fingerprint density at radius 2 is 1.83 bits per heavy atom. The minimum Gasteiger partial charge on any atom is -0.496 e. The van der Waals surface area contributed by atoms with E-state index in [1.54, 1.807) is 14.2 Å². The summed E-state index contributed by atoms with van der Waals surface area (Å²) in [6.07, 6.45) is 3.18. The van der Waals surface area contributed by atoms with E-state index in [1.165, 1.54) is 22.0 Å². The van der Waals surface area contributed by atoms with Gasteiger partial charge in [-0.1, -0.05) is 31.2 Å². The van der Waals surface area contributed by atoms with Gasteiger partial charge in [0.2, 0.25) is 0 Å². The Morgan fingerprint density at radius 3 is 2.53 bits per heavy atom. The van der Waals surface area contributed by atoms with Crippen molar-refractivity contribution in [1.29, 1.82) is 0 Å². The number of fused-ring (bicyclic) bond motifs is 3. The number of ether oxygens (including phenoxy) is 2. The molecule has 0 bridgehead atoms. The van der Waals surface area contributed by atoms with Crippen LogP contribution < -0.4 is 4.74 Å². The van der Waals surface area contributed by atoms with Crippen LogP contribution in [0.1, 0.15) is 36.2 Å². The first-order valence-corrected chi connectivity index (χ1v) is 10.5. The Kier molecular flexibility index (Phi) is 5.52. The van der Waals surface area contributed by atoms with E-state index in [9.17, 15) is 0 Å². The Balaban J connectivity index is 2.08. The Bertz CT molecular complexity index is 1220. The molecule has 4 aromatic rings. The van der Waals surface area contributed by atoms with Crippen molar-refractivity contribution in [1.82, 2.24) is 9.55 Å². The van der Waals surface area contributed by atoms with Gasteiger partial charge in [-0.25, -0.2) is 0 Å². The first-order chi connectivity index (χ1) is 14.5. The smallest absolute Gasteiger partial charge is 0.127 e. The van der Waals surface area contributed by atoms with Gasteiger partial charge in [0.1, 0.15) is 5.75 Å². The van der Waals surface area contributed by atoms with E-state index in [4.69, 9.17) is 14.5 Å². The van der Waals surface area contributed by atoms with E-state index in [2.05, 4.69) is 74.9 Å². The molecule has 2 aromatic heterocycles. The molecule has 156 valence electrons. The molecule has 4 rings (SSSR count). The zero-order valence-electron chi connectivity index (χ0n) is 18.7. The number of pyridine rings is 1. The summed E-state index contributed by atoms with van der Waals surface area (Å²) in [4.78, 5) is 5.06. The molecule has 0 N–H and O–H groups in total. The highest BCUT2D eigenvalue weighted by molar-refractivity contribution is 6.10. The van der Waals surface area contributed by atoms with Crippen LogP contribution in [0.25, 0.3) is 32.9 Å². The van der Waals surface area contributed by atoms with Crippen LogP contribution in [0.4, 0.5) is 0 Å². The van der Waals surface area contributed by atoms with Gasteiger partial charge in [-0.15, -0.1) is 0 Å². The molecule has 4 nitrogen and oxygen atoms in total. The van der Waals surface area contributed by atoms with Crippen molar-refractivity contribution < 1.29 is 9.47 Å². The summed E-state index contributed by atoms with van der Waals surface area (Å²) in [5, 5.41) is 2.36. The van der Waals surface area contributed by atoms with Gasteiger partial charge in [-0.3, -0.25) is 4.98 Å². The molecule has 0 saturated carbocycles. The van der Waals surface area contributed by atoms with E-state index in [0.717, 1.165) is 39.9 Å². The van der Waals surface area contributed by atoms with Gasteiger partial charge in [0.15, 0.2) is 0 Å². The molecule has 0 spiro atoms. The third-order valence-corrected chi connectivity index (χ3v) is 6.03. The highest BCUT2D eigenvalue weighted by atomic mass is 16.5. The normalized spacial score (nSPS) is 12.6. The average molecular weight is 403 g/mol. The molecule has 1 unspecified atom stereocenters. The second kappa shape index (κ2) is 8.11. The van der Waals surface area contributed by atoms with Crippen molar-refractivity contribution >= 4 is 21.8 Å². The van der Waals surface area contributed by atoms with Gasteiger partial charge in [0.05, 0.1) is 30.8 Å². The number of rotatable bonds is 6. The lowest BCUT2D eigenvalue weighted by Gasteiger charge is -2.20. The van der Waals surface area contributed by atoms with E-state index in [-0.39, 0.29) is 6.04 Å². The summed E-state index contributed by atoms with van der Waals surface area (Å²) in [5.74, 6) is 0.890. The van der Waals surface area contributed by atoms with Crippen molar-refractivity contribution in [2.24, 2.45) is 0 Å². The first kappa shape index (κ1) is 20.4. The van der Waals surface area contributed by atoms with Crippen molar-refractivity contribution in [2.45, 2.75) is 40.2 Å². The van der Waals surface area contributed by atoms with Crippen molar-refractivity contribution in [3.8, 4) is 16.9 Å². The standard InChI is InChI=1S/C26H30N2O2/c1-7-19(15-29-5)28-12-11-20-18(4)27-25-21(9-8-10-22(25)26(20)28)24-17(3)13-16(2)14-23(24)30-6/h8-14,19H,7,15H2,1-6H3. The molecule has 0 amide bonds. The number of aryl methyl sites for hydroxylation is 3. The van der Waals surface area contributed by atoms with Gasteiger partial charge in [0, 0.05) is 40.9 Å². The van der Waals surface area contributed by atoms with Crippen molar-refractivity contribution in [2.75, 3.05) is 20.8 Å². The number of para-hydroxylation sites is 1. The van der Waals surface area contributed by atoms with Crippen LogP contribution in [0.15, 0.2) is 42.6 Å². The lowest BCUT2D eigenvalue weighted by Crippen LogP contribution is -2.13. The predicted octanol–water partition coefficient (Wildman–Crippen LogP) is 6.39. The van der Waals surface area contributed by atoms with Crippen molar-refractivity contribution in [3.63, 3.8) is 0 Å². The lowest BCUT2D eigenvalue weighted by molar-refractivity contribution is 0.155. The van der Waals surface area contributed by atoms with Crippen LogP contribution in [0.2, 0.25) is 0 Å². The maximum atomic E-state index is 5.77. The van der Waals surface area contributed by atoms with E-state index >= 15 is 0 Å². The zero-order chi connectivity index (χ0) is 21.4. The summed E-state index contributed by atoms with van der Waals surface area (Å²) in [6, 6.07) is 13.2. The van der Waals surface area contributed by atoms with Crippen LogP contribution in [-0.2, 0) is 4.74 Å². The molecule has 1 atom stereocenters. The number of hydrogen-bond acceptors (Lipinski definition) is 3. The van der Waals surface area contributed by atoms with Crippen LogP contribution in [0, 0.1) is 20.8 Å². The molecule has 0 aliphatic carbocycles. The fourth-order valence-corrected chi connectivity index (χ4v) is 4.63. The van der Waals surface area contributed by atoms with E-state index in [1.807, 2.05) is 0 Å². The Labute approximate surface area is 178 Å². The van der Waals surface area contributed by atoms with Gasteiger partial charge in [0.25, 0.3) is 0 Å². The lowest BCUT2D eigenvalue weighted by atomic mass is 9.94. The van der Waals surface area contributed by atoms with Crippen LogP contribution >= 0.6 is 0 Å². The van der Waals surface area contributed by atoms with E-state index < -0.39 is 0 Å². The third-order valence-electron chi connectivity index (χ3n) is 6.03. The van der Waals surface area contributed by atoms with Gasteiger partial charge in [-0.2, -0.15) is 0 Å². The Morgan fingerprint density at radius 1 is 1.03 bits per heavy atom. The molecule has 2 aromatic carbocycles. The minimum absolute atomic E-state index is 0.289. The third kappa shape index (κ3) is 3.25. The van der Waals surface area contributed by atoms with Gasteiger partial charge in [-0.05, 0) is 50.5 Å². The average Bonchev–Trinajstić information content (AvgIpc) is 3.17. The molecule has 30 heavy (non-hydrogen) atoms. The maximum absolute atomic E-state index is 5.77. The molecule has 0 saturated heterocycles. The number of benzene rings is 2. The second-order valence-corrected chi connectivity index (χ2v) is 8.06. The summed E-state index contributed by atoms with van der Waals surface area (Å²) < 4.78 is 13.6. The highest BCUT2D eigenvalue weighted by Crippen LogP contribution is 2.40. The first-order valence-electron chi connectivity index (χ1n) is 10.5. The number of hydrogen-bond donors (Lipinski definition) is 0. The van der Waals surface area contributed by atoms with Crippen LogP contribution in [0.5, 0.6) is 5.75 Å². The van der Waals surface area contributed by atoms with Crippen LogP contribution in [-0.4, -0.2) is 30.4 Å². The molecule has 0 fully saturated rings. The molecular formula is C26H30N2O2. The van der Waals surface area contributed by atoms with Gasteiger partial charge < -0.3 is 14.0 Å². The quantitative estimate of drug-likeness (QED) is 0.375. The SMILES string of the molecule is CCC(COC)n1ccc2c(C)nc3c(-c4c(C)cc(C)cc4OC)cccc3c21. The topological polar surface area (TPSA) is 36.3 Å². The van der Waals surface area contributed by atoms with E-state index in [0.29, 0.717) is 6.61 Å². The zero-order valence-corrected chi connectivity index (χ0v) is 18.7. The second-order valence-electron chi connectivity index (χ2n) is 8.06. The largest absolute Gasteiger partial charge is 0.496 e. The van der Waals surface area contributed by atoms with Crippen molar-refractivity contribution in [3.05, 3.63) is 59.4 Å².